The third-order valence-electron chi connectivity index (χ3n) is 2.00. The van der Waals surface area contributed by atoms with E-state index in [0.717, 1.165) is 17.2 Å². The lowest BCUT2D eigenvalue weighted by molar-refractivity contribution is 0.784. The summed E-state index contributed by atoms with van der Waals surface area (Å²) < 4.78 is 0. The molecule has 1 unspecified atom stereocenters. The number of aryl methyl sites for hydroxylation is 1. The lowest BCUT2D eigenvalue weighted by Crippen LogP contribution is -2.10. The van der Waals surface area contributed by atoms with Crippen LogP contribution in [0.25, 0.3) is 0 Å². The largest absolute Gasteiger partial charge is 0.359 e. The van der Waals surface area contributed by atoms with Crippen molar-refractivity contribution >= 4 is 5.82 Å². The standard InChI is InChI=1S/C9H12N6/c1-6-3-8(14-11-4-6)13-7(2)9-10-5-12-15-9/h3-5,7H,1-2H3,(H,13,14)(H,10,12,15). The molecule has 0 saturated heterocycles. The van der Waals surface area contributed by atoms with Crippen LogP contribution in [0.5, 0.6) is 0 Å². The summed E-state index contributed by atoms with van der Waals surface area (Å²) >= 11 is 0. The minimum Gasteiger partial charge on any atom is -0.359 e. The summed E-state index contributed by atoms with van der Waals surface area (Å²) in [5.41, 5.74) is 1.07. The number of aromatic amines is 1. The molecule has 78 valence electrons. The van der Waals surface area contributed by atoms with Crippen molar-refractivity contribution < 1.29 is 0 Å². The first-order valence-corrected chi connectivity index (χ1v) is 4.67. The molecular weight excluding hydrogens is 192 g/mol. The van der Waals surface area contributed by atoms with E-state index in [4.69, 9.17) is 0 Å². The molecule has 0 saturated carbocycles. The van der Waals surface area contributed by atoms with Crippen LogP contribution < -0.4 is 5.32 Å². The molecule has 2 heterocycles. The minimum atomic E-state index is 0.0311. The number of H-pyrrole nitrogens is 1. The topological polar surface area (TPSA) is 79.4 Å². The maximum atomic E-state index is 4.06. The van der Waals surface area contributed by atoms with E-state index in [2.05, 4.69) is 30.7 Å². The van der Waals surface area contributed by atoms with E-state index < -0.39 is 0 Å². The summed E-state index contributed by atoms with van der Waals surface area (Å²) in [4.78, 5) is 4.06. The van der Waals surface area contributed by atoms with Crippen LogP contribution in [0.1, 0.15) is 24.4 Å². The van der Waals surface area contributed by atoms with E-state index >= 15 is 0 Å². The summed E-state index contributed by atoms with van der Waals surface area (Å²) in [5, 5.41) is 17.6. The number of anilines is 1. The third-order valence-corrected chi connectivity index (χ3v) is 2.00. The fourth-order valence-corrected chi connectivity index (χ4v) is 1.25. The highest BCUT2D eigenvalue weighted by Gasteiger charge is 2.08. The van der Waals surface area contributed by atoms with E-state index in [1.807, 2.05) is 19.9 Å². The quantitative estimate of drug-likeness (QED) is 0.782. The van der Waals surface area contributed by atoms with Crippen LogP contribution in [0, 0.1) is 6.92 Å². The first kappa shape index (κ1) is 9.57. The lowest BCUT2D eigenvalue weighted by atomic mass is 10.3. The average Bonchev–Trinajstić information content (AvgIpc) is 2.70. The molecule has 0 aliphatic rings. The van der Waals surface area contributed by atoms with Crippen molar-refractivity contribution in [3.8, 4) is 0 Å². The normalized spacial score (nSPS) is 12.4. The Kier molecular flexibility index (Phi) is 2.57. The first-order valence-electron chi connectivity index (χ1n) is 4.67. The summed E-state index contributed by atoms with van der Waals surface area (Å²) in [6.07, 6.45) is 3.19. The summed E-state index contributed by atoms with van der Waals surface area (Å²) in [6, 6.07) is 1.96. The number of aromatic nitrogens is 5. The van der Waals surface area contributed by atoms with Crippen LogP contribution in [0.2, 0.25) is 0 Å². The van der Waals surface area contributed by atoms with Gasteiger partial charge in [0.1, 0.15) is 18.0 Å². The van der Waals surface area contributed by atoms with Gasteiger partial charge in [-0.15, -0.1) is 5.10 Å². The highest BCUT2D eigenvalue weighted by Crippen LogP contribution is 2.13. The van der Waals surface area contributed by atoms with Crippen LogP contribution in [-0.2, 0) is 0 Å². The molecule has 0 spiro atoms. The molecule has 0 bridgehead atoms. The van der Waals surface area contributed by atoms with Crippen LogP contribution in [0.15, 0.2) is 18.6 Å². The second-order valence-electron chi connectivity index (χ2n) is 3.35. The zero-order valence-corrected chi connectivity index (χ0v) is 8.60. The Morgan fingerprint density at radius 3 is 3.00 bits per heavy atom. The monoisotopic (exact) mass is 204 g/mol. The number of rotatable bonds is 3. The Morgan fingerprint density at radius 2 is 2.33 bits per heavy atom. The zero-order valence-electron chi connectivity index (χ0n) is 8.60. The van der Waals surface area contributed by atoms with Gasteiger partial charge in [-0.3, -0.25) is 5.10 Å². The summed E-state index contributed by atoms with van der Waals surface area (Å²) in [6.45, 7) is 3.95. The highest BCUT2D eigenvalue weighted by atomic mass is 15.2. The Labute approximate surface area is 87.2 Å². The van der Waals surface area contributed by atoms with Gasteiger partial charge in [0.15, 0.2) is 0 Å². The number of nitrogens with zero attached hydrogens (tertiary/aromatic N) is 4. The molecule has 6 nitrogen and oxygen atoms in total. The van der Waals surface area contributed by atoms with Crippen molar-refractivity contribution in [1.82, 2.24) is 25.4 Å². The second kappa shape index (κ2) is 4.04. The Hall–Kier alpha value is -1.98. The third kappa shape index (κ3) is 2.28. The Bertz CT molecular complexity index is 424. The minimum absolute atomic E-state index is 0.0311. The molecule has 6 heteroatoms. The predicted octanol–water partition coefficient (Wildman–Crippen LogP) is 1.08. The molecule has 1 atom stereocenters. The van der Waals surface area contributed by atoms with E-state index in [-0.39, 0.29) is 6.04 Å². The van der Waals surface area contributed by atoms with Gasteiger partial charge in [0, 0.05) is 0 Å². The SMILES string of the molecule is Cc1cnnc(NC(C)c2ncn[nH]2)c1. The Morgan fingerprint density at radius 1 is 1.47 bits per heavy atom. The number of hydrogen-bond acceptors (Lipinski definition) is 5. The highest BCUT2D eigenvalue weighted by molar-refractivity contribution is 5.36. The summed E-state index contributed by atoms with van der Waals surface area (Å²) in [5.74, 6) is 1.51. The number of hydrogen-bond donors (Lipinski definition) is 2. The molecule has 0 aromatic carbocycles. The maximum absolute atomic E-state index is 4.06. The molecular formula is C9H12N6. The molecule has 15 heavy (non-hydrogen) atoms. The molecule has 0 aliphatic carbocycles. The van der Waals surface area contributed by atoms with Gasteiger partial charge in [0.2, 0.25) is 0 Å². The smallest absolute Gasteiger partial charge is 0.149 e. The van der Waals surface area contributed by atoms with Gasteiger partial charge in [-0.25, -0.2) is 4.98 Å². The molecule has 0 radical (unpaired) electrons. The van der Waals surface area contributed by atoms with Crippen molar-refractivity contribution in [1.29, 1.82) is 0 Å². The van der Waals surface area contributed by atoms with Crippen molar-refractivity contribution in [3.05, 3.63) is 30.0 Å². The van der Waals surface area contributed by atoms with Crippen LogP contribution >= 0.6 is 0 Å². The van der Waals surface area contributed by atoms with E-state index in [1.165, 1.54) is 6.33 Å². The Balaban J connectivity index is 2.09. The van der Waals surface area contributed by atoms with Gasteiger partial charge in [-0.05, 0) is 25.5 Å². The second-order valence-corrected chi connectivity index (χ2v) is 3.35. The first-order chi connectivity index (χ1) is 7.25. The molecule has 2 N–H and O–H groups in total. The van der Waals surface area contributed by atoms with E-state index in [1.54, 1.807) is 6.20 Å². The molecule has 0 aliphatic heterocycles. The average molecular weight is 204 g/mol. The molecule has 2 rings (SSSR count). The molecule has 0 amide bonds. The van der Waals surface area contributed by atoms with Gasteiger partial charge >= 0.3 is 0 Å². The van der Waals surface area contributed by atoms with Crippen LogP contribution in [0.3, 0.4) is 0 Å². The molecule has 2 aromatic heterocycles. The molecule has 0 fully saturated rings. The van der Waals surface area contributed by atoms with E-state index in [0.29, 0.717) is 0 Å². The van der Waals surface area contributed by atoms with Gasteiger partial charge in [0.25, 0.3) is 0 Å². The van der Waals surface area contributed by atoms with Crippen molar-refractivity contribution in [2.75, 3.05) is 5.32 Å². The summed E-state index contributed by atoms with van der Waals surface area (Å²) in [7, 11) is 0. The lowest BCUT2D eigenvalue weighted by Gasteiger charge is -2.10. The van der Waals surface area contributed by atoms with Gasteiger partial charge < -0.3 is 5.32 Å². The van der Waals surface area contributed by atoms with E-state index in [9.17, 15) is 0 Å². The number of nitrogens with one attached hydrogen (secondary N) is 2. The van der Waals surface area contributed by atoms with Crippen molar-refractivity contribution in [2.45, 2.75) is 19.9 Å². The van der Waals surface area contributed by atoms with Crippen molar-refractivity contribution in [2.24, 2.45) is 0 Å². The van der Waals surface area contributed by atoms with Crippen LogP contribution in [0.4, 0.5) is 5.82 Å². The maximum Gasteiger partial charge on any atom is 0.149 e. The van der Waals surface area contributed by atoms with Gasteiger partial charge in [-0.1, -0.05) is 0 Å². The molecule has 2 aromatic rings. The fourth-order valence-electron chi connectivity index (χ4n) is 1.25. The van der Waals surface area contributed by atoms with Crippen LogP contribution in [-0.4, -0.2) is 25.4 Å². The fraction of sp³-hybridized carbons (Fsp3) is 0.333. The zero-order chi connectivity index (χ0) is 10.7. The van der Waals surface area contributed by atoms with Crippen molar-refractivity contribution in [3.63, 3.8) is 0 Å². The van der Waals surface area contributed by atoms with Gasteiger partial charge in [-0.2, -0.15) is 10.2 Å². The van der Waals surface area contributed by atoms with Gasteiger partial charge in [0.05, 0.1) is 12.2 Å². The predicted molar refractivity (Wildman–Crippen MR) is 55.2 cm³/mol.